The molecule has 0 saturated heterocycles. The van der Waals surface area contributed by atoms with Crippen LogP contribution in [0.3, 0.4) is 0 Å². The first kappa shape index (κ1) is 14.7. The van der Waals surface area contributed by atoms with Crippen molar-refractivity contribution in [1.82, 2.24) is 13.9 Å². The van der Waals surface area contributed by atoms with Crippen molar-refractivity contribution < 1.29 is 8.42 Å². The quantitative estimate of drug-likeness (QED) is 0.745. The van der Waals surface area contributed by atoms with E-state index in [1.165, 1.54) is 10.3 Å². The third kappa shape index (κ3) is 2.20. The highest BCUT2D eigenvalue weighted by Gasteiger charge is 2.25. The molecule has 3 rings (SSSR count). The average Bonchev–Trinajstić information content (AvgIpc) is 2.90. The van der Waals surface area contributed by atoms with Crippen molar-refractivity contribution in [3.63, 3.8) is 0 Å². The summed E-state index contributed by atoms with van der Waals surface area (Å²) in [6.45, 7) is 5.79. The Hall–Kier alpha value is -2.21. The molecule has 0 N–H and O–H groups in total. The molecule has 0 atom stereocenters. The van der Waals surface area contributed by atoms with Crippen molar-refractivity contribution in [2.24, 2.45) is 0 Å². The minimum absolute atomic E-state index is 0.0482. The summed E-state index contributed by atoms with van der Waals surface area (Å²) in [5.41, 5.74) is 1.91. The molecule has 3 aromatic rings. The fourth-order valence-electron chi connectivity index (χ4n) is 2.48. The summed E-state index contributed by atoms with van der Waals surface area (Å²) in [6, 6.07) is 10.3. The molecule has 0 saturated carbocycles. The zero-order valence-electron chi connectivity index (χ0n) is 12.7. The molecular formula is C16H17N3O2S. The van der Waals surface area contributed by atoms with Crippen molar-refractivity contribution >= 4 is 21.1 Å². The Bertz CT molecular complexity index is 929. The highest BCUT2D eigenvalue weighted by Crippen LogP contribution is 2.29. The molecule has 0 radical (unpaired) electrons. The van der Waals surface area contributed by atoms with Crippen molar-refractivity contribution in [3.05, 3.63) is 54.1 Å². The van der Waals surface area contributed by atoms with Gasteiger partial charge >= 0.3 is 0 Å². The predicted octanol–water partition coefficient (Wildman–Crippen LogP) is 3.10. The number of rotatable bonds is 3. The van der Waals surface area contributed by atoms with Crippen LogP contribution in [0, 0.1) is 6.92 Å². The van der Waals surface area contributed by atoms with Crippen molar-refractivity contribution in [3.8, 4) is 0 Å². The summed E-state index contributed by atoms with van der Waals surface area (Å²) < 4.78 is 27.4. The Balaban J connectivity index is 2.40. The zero-order chi connectivity index (χ0) is 15.9. The van der Waals surface area contributed by atoms with E-state index in [1.807, 2.05) is 26.8 Å². The highest BCUT2D eigenvalue weighted by molar-refractivity contribution is 7.90. The van der Waals surface area contributed by atoms with Crippen molar-refractivity contribution in [2.45, 2.75) is 31.6 Å². The number of nitrogens with zero attached hydrogens (tertiary/aromatic N) is 3. The van der Waals surface area contributed by atoms with Crippen LogP contribution in [0.5, 0.6) is 0 Å². The molecule has 1 aromatic carbocycles. The summed E-state index contributed by atoms with van der Waals surface area (Å²) in [5, 5.41) is 0.769. The van der Waals surface area contributed by atoms with Crippen molar-refractivity contribution in [2.75, 3.05) is 0 Å². The lowest BCUT2D eigenvalue weighted by Crippen LogP contribution is -2.17. The van der Waals surface area contributed by atoms with Gasteiger partial charge in [0.05, 0.1) is 10.6 Å². The van der Waals surface area contributed by atoms with E-state index in [1.54, 1.807) is 30.3 Å². The lowest BCUT2D eigenvalue weighted by atomic mass is 10.1. The monoisotopic (exact) mass is 315 g/mol. The fourth-order valence-corrected chi connectivity index (χ4v) is 4.11. The SMILES string of the molecule is Cc1ncnc2c1cc(C(C)C)n2S(=O)(=O)c1ccccc1. The first-order valence-electron chi connectivity index (χ1n) is 7.06. The molecule has 0 amide bonds. The minimum atomic E-state index is -3.69. The van der Waals surface area contributed by atoms with Gasteiger partial charge in [-0.25, -0.2) is 22.4 Å². The van der Waals surface area contributed by atoms with E-state index in [9.17, 15) is 8.42 Å². The number of aryl methyl sites for hydroxylation is 1. The summed E-state index contributed by atoms with van der Waals surface area (Å²) in [4.78, 5) is 8.62. The molecule has 0 spiro atoms. The van der Waals surface area contributed by atoms with E-state index in [0.717, 1.165) is 11.1 Å². The third-order valence-electron chi connectivity index (χ3n) is 3.65. The second kappa shape index (κ2) is 5.21. The summed E-state index contributed by atoms with van der Waals surface area (Å²) in [6.07, 6.45) is 1.40. The maximum absolute atomic E-state index is 13.0. The van der Waals surface area contributed by atoms with E-state index in [-0.39, 0.29) is 10.8 Å². The van der Waals surface area contributed by atoms with Gasteiger partial charge in [0.15, 0.2) is 5.65 Å². The summed E-state index contributed by atoms with van der Waals surface area (Å²) in [5.74, 6) is 0.0482. The molecule has 0 aliphatic carbocycles. The molecule has 0 aliphatic rings. The Labute approximate surface area is 129 Å². The van der Waals surface area contributed by atoms with Gasteiger partial charge in [0.1, 0.15) is 6.33 Å². The topological polar surface area (TPSA) is 64.8 Å². The zero-order valence-corrected chi connectivity index (χ0v) is 13.5. The van der Waals surface area contributed by atoms with Gasteiger partial charge in [-0.2, -0.15) is 0 Å². The molecule has 22 heavy (non-hydrogen) atoms. The number of benzene rings is 1. The van der Waals surface area contributed by atoms with Gasteiger partial charge in [-0.3, -0.25) is 0 Å². The molecule has 6 heteroatoms. The second-order valence-electron chi connectivity index (χ2n) is 5.50. The minimum Gasteiger partial charge on any atom is -0.241 e. The lowest BCUT2D eigenvalue weighted by molar-refractivity contribution is 0.584. The fraction of sp³-hybridized carbons (Fsp3) is 0.250. The Morgan fingerprint density at radius 1 is 1.09 bits per heavy atom. The molecule has 0 unspecified atom stereocenters. The standard InChI is InChI=1S/C16H17N3O2S/c1-11(2)15-9-14-12(3)17-10-18-16(14)19(15)22(20,21)13-7-5-4-6-8-13/h4-11H,1-3H3. The van der Waals surface area contributed by atoms with Gasteiger partial charge in [0.25, 0.3) is 10.0 Å². The van der Waals surface area contributed by atoms with Crippen LogP contribution in [0.4, 0.5) is 0 Å². The number of fused-ring (bicyclic) bond motifs is 1. The van der Waals surface area contributed by atoms with Gasteiger partial charge in [-0.05, 0) is 31.0 Å². The van der Waals surface area contributed by atoms with Crippen LogP contribution in [-0.2, 0) is 10.0 Å². The van der Waals surface area contributed by atoms with Gasteiger partial charge in [0.2, 0.25) is 0 Å². The highest BCUT2D eigenvalue weighted by atomic mass is 32.2. The predicted molar refractivity (Wildman–Crippen MR) is 85.4 cm³/mol. The summed E-state index contributed by atoms with van der Waals surface area (Å²) >= 11 is 0. The van der Waals surface area contributed by atoms with Crippen LogP contribution in [-0.4, -0.2) is 22.4 Å². The number of hydrogen-bond donors (Lipinski definition) is 0. The van der Waals surface area contributed by atoms with Crippen LogP contribution in [0.25, 0.3) is 11.0 Å². The molecular weight excluding hydrogens is 298 g/mol. The first-order chi connectivity index (χ1) is 10.4. The largest absolute Gasteiger partial charge is 0.269 e. The molecule has 0 fully saturated rings. The Kier molecular flexibility index (Phi) is 3.48. The Morgan fingerprint density at radius 2 is 1.77 bits per heavy atom. The molecule has 5 nitrogen and oxygen atoms in total. The molecule has 114 valence electrons. The van der Waals surface area contributed by atoms with Crippen LogP contribution < -0.4 is 0 Å². The average molecular weight is 315 g/mol. The Morgan fingerprint density at radius 3 is 2.41 bits per heavy atom. The van der Waals surface area contributed by atoms with Gasteiger partial charge < -0.3 is 0 Å². The van der Waals surface area contributed by atoms with Gasteiger partial charge in [0, 0.05) is 11.1 Å². The lowest BCUT2D eigenvalue weighted by Gasteiger charge is -2.13. The van der Waals surface area contributed by atoms with E-state index >= 15 is 0 Å². The first-order valence-corrected chi connectivity index (χ1v) is 8.50. The van der Waals surface area contributed by atoms with Gasteiger partial charge in [-0.15, -0.1) is 0 Å². The van der Waals surface area contributed by atoms with Crippen molar-refractivity contribution in [1.29, 1.82) is 0 Å². The normalized spacial score (nSPS) is 12.2. The summed E-state index contributed by atoms with van der Waals surface area (Å²) in [7, 11) is -3.69. The van der Waals surface area contributed by atoms with Crippen LogP contribution >= 0.6 is 0 Å². The molecule has 2 aromatic heterocycles. The number of hydrogen-bond acceptors (Lipinski definition) is 4. The van der Waals surface area contributed by atoms with E-state index in [0.29, 0.717) is 11.3 Å². The van der Waals surface area contributed by atoms with Crippen LogP contribution in [0.15, 0.2) is 47.6 Å². The van der Waals surface area contributed by atoms with E-state index < -0.39 is 10.0 Å². The third-order valence-corrected chi connectivity index (χ3v) is 5.39. The van der Waals surface area contributed by atoms with E-state index in [2.05, 4.69) is 9.97 Å². The smallest absolute Gasteiger partial charge is 0.241 e. The van der Waals surface area contributed by atoms with Crippen LogP contribution in [0.1, 0.15) is 31.2 Å². The van der Waals surface area contributed by atoms with E-state index in [4.69, 9.17) is 0 Å². The maximum Gasteiger partial charge on any atom is 0.269 e. The molecule has 2 heterocycles. The molecule has 0 aliphatic heterocycles. The van der Waals surface area contributed by atoms with Gasteiger partial charge in [-0.1, -0.05) is 32.0 Å². The molecule has 0 bridgehead atoms. The maximum atomic E-state index is 13.0. The second-order valence-corrected chi connectivity index (χ2v) is 7.29. The van der Waals surface area contributed by atoms with Crippen LogP contribution in [0.2, 0.25) is 0 Å². The number of aromatic nitrogens is 3.